The number of nitrogens with zero attached hydrogens (tertiary/aromatic N) is 3. The molecule has 0 unspecified atom stereocenters. The summed E-state index contributed by atoms with van der Waals surface area (Å²) >= 11 is 13.2. The van der Waals surface area contributed by atoms with E-state index in [1.807, 2.05) is 0 Å². The van der Waals surface area contributed by atoms with Gasteiger partial charge < -0.3 is 5.32 Å². The highest BCUT2D eigenvalue weighted by atomic mass is 35.5. The monoisotopic (exact) mass is 496 g/mol. The van der Waals surface area contributed by atoms with Crippen molar-refractivity contribution in [1.29, 1.82) is 0 Å². The molecular formula is C20H18Cl2N4O3S2. The summed E-state index contributed by atoms with van der Waals surface area (Å²) < 4.78 is 27.6. The predicted molar refractivity (Wildman–Crippen MR) is 122 cm³/mol. The van der Waals surface area contributed by atoms with E-state index in [1.54, 1.807) is 42.5 Å². The van der Waals surface area contributed by atoms with Crippen LogP contribution in [0.3, 0.4) is 0 Å². The number of carbonyl (C=O) groups excluding carboxylic acids is 1. The van der Waals surface area contributed by atoms with Gasteiger partial charge in [0, 0.05) is 29.7 Å². The highest BCUT2D eigenvalue weighted by Gasteiger charge is 2.33. The smallest absolute Gasteiger partial charge is 0.286 e. The normalized spacial score (nSPS) is 17.4. The van der Waals surface area contributed by atoms with Crippen molar-refractivity contribution in [1.82, 2.24) is 14.5 Å². The maximum atomic E-state index is 13.1. The molecule has 1 aromatic heterocycles. The van der Waals surface area contributed by atoms with E-state index in [9.17, 15) is 13.2 Å². The van der Waals surface area contributed by atoms with Crippen LogP contribution in [0.5, 0.6) is 0 Å². The molecule has 1 amide bonds. The third-order valence-electron chi connectivity index (χ3n) is 4.91. The van der Waals surface area contributed by atoms with Crippen molar-refractivity contribution in [2.45, 2.75) is 23.7 Å². The van der Waals surface area contributed by atoms with Crippen molar-refractivity contribution < 1.29 is 13.2 Å². The summed E-state index contributed by atoms with van der Waals surface area (Å²) in [5.41, 5.74) is 0.559. The number of anilines is 1. The number of rotatable bonds is 5. The van der Waals surface area contributed by atoms with Gasteiger partial charge in [-0.2, -0.15) is 4.31 Å². The van der Waals surface area contributed by atoms with Crippen molar-refractivity contribution in [2.75, 3.05) is 18.4 Å². The zero-order valence-corrected chi connectivity index (χ0v) is 19.3. The van der Waals surface area contributed by atoms with Crippen LogP contribution in [-0.2, 0) is 10.0 Å². The summed E-state index contributed by atoms with van der Waals surface area (Å²) in [6.45, 7) is 0.670. The summed E-state index contributed by atoms with van der Waals surface area (Å²) in [5.74, 6) is -0.529. The van der Waals surface area contributed by atoms with Crippen LogP contribution in [-0.4, -0.2) is 41.9 Å². The Labute approximate surface area is 194 Å². The number of halogens is 2. The second-order valence-corrected chi connectivity index (χ2v) is 10.8. The highest BCUT2D eigenvalue weighted by Crippen LogP contribution is 2.33. The van der Waals surface area contributed by atoms with Gasteiger partial charge in [0.15, 0.2) is 0 Å². The number of hydrogen-bond acceptors (Lipinski definition) is 6. The van der Waals surface area contributed by atoms with Gasteiger partial charge in [0.25, 0.3) is 5.91 Å². The Hall–Kier alpha value is -2.04. The Morgan fingerprint density at radius 1 is 1.13 bits per heavy atom. The average Bonchev–Trinajstić information content (AvgIpc) is 3.25. The van der Waals surface area contributed by atoms with Crippen LogP contribution >= 0.6 is 34.5 Å². The Bertz CT molecular complexity index is 1220. The molecule has 1 saturated heterocycles. The highest BCUT2D eigenvalue weighted by molar-refractivity contribution is 7.89. The SMILES string of the molecule is O=C(Nc1cccc(Cl)c1)c1nnc([C@H]2CCCN(S(=O)(=O)c3ccccc3Cl)C2)s1. The molecule has 1 aliphatic rings. The van der Waals surface area contributed by atoms with Gasteiger partial charge >= 0.3 is 0 Å². The van der Waals surface area contributed by atoms with Gasteiger partial charge in [-0.15, -0.1) is 10.2 Å². The van der Waals surface area contributed by atoms with E-state index in [1.165, 1.54) is 21.7 Å². The lowest BCUT2D eigenvalue weighted by Gasteiger charge is -2.30. The first kappa shape index (κ1) is 22.2. The third-order valence-corrected chi connectivity index (χ3v) is 8.59. The molecule has 1 aliphatic heterocycles. The standard InChI is InChI=1S/C20H18Cl2N4O3S2/c21-14-6-3-7-15(11-14)23-18(27)20-25-24-19(30-20)13-5-4-10-26(12-13)31(28,29)17-9-2-1-8-16(17)22/h1-3,6-9,11,13H,4-5,10,12H2,(H,23,27)/t13-/m0/s1. The average molecular weight is 497 g/mol. The summed E-state index contributed by atoms with van der Waals surface area (Å²) in [6.07, 6.45) is 1.44. The number of nitrogens with one attached hydrogen (secondary N) is 1. The Morgan fingerprint density at radius 2 is 1.94 bits per heavy atom. The summed E-state index contributed by atoms with van der Waals surface area (Å²) in [4.78, 5) is 12.6. The maximum Gasteiger partial charge on any atom is 0.286 e. The van der Waals surface area contributed by atoms with E-state index in [0.717, 1.165) is 6.42 Å². The van der Waals surface area contributed by atoms with Gasteiger partial charge in [0.1, 0.15) is 9.90 Å². The van der Waals surface area contributed by atoms with Crippen LogP contribution in [0.1, 0.15) is 33.6 Å². The first-order valence-electron chi connectivity index (χ1n) is 9.49. The van der Waals surface area contributed by atoms with E-state index >= 15 is 0 Å². The maximum absolute atomic E-state index is 13.1. The van der Waals surface area contributed by atoms with E-state index < -0.39 is 10.0 Å². The van der Waals surface area contributed by atoms with Crippen molar-refractivity contribution in [3.05, 3.63) is 68.6 Å². The van der Waals surface area contributed by atoms with Crippen LogP contribution in [0, 0.1) is 0 Å². The number of amides is 1. The number of sulfonamides is 1. The number of hydrogen-bond donors (Lipinski definition) is 1. The molecule has 7 nitrogen and oxygen atoms in total. The van der Waals surface area contributed by atoms with E-state index in [4.69, 9.17) is 23.2 Å². The molecule has 2 aromatic carbocycles. The van der Waals surface area contributed by atoms with E-state index in [0.29, 0.717) is 28.7 Å². The van der Waals surface area contributed by atoms with Crippen LogP contribution in [0.25, 0.3) is 0 Å². The minimum Gasteiger partial charge on any atom is -0.320 e. The molecule has 4 rings (SSSR count). The molecule has 1 N–H and O–H groups in total. The van der Waals surface area contributed by atoms with Gasteiger partial charge in [-0.25, -0.2) is 8.42 Å². The Kier molecular flexibility index (Phi) is 6.59. The molecular weight excluding hydrogens is 479 g/mol. The van der Waals surface area contributed by atoms with Crippen molar-refractivity contribution in [2.24, 2.45) is 0 Å². The van der Waals surface area contributed by atoms with Crippen molar-refractivity contribution in [3.8, 4) is 0 Å². The van der Waals surface area contributed by atoms with Crippen LogP contribution in [0.15, 0.2) is 53.4 Å². The van der Waals surface area contributed by atoms with Gasteiger partial charge in [-0.3, -0.25) is 4.79 Å². The van der Waals surface area contributed by atoms with Gasteiger partial charge in [0.2, 0.25) is 15.0 Å². The number of aromatic nitrogens is 2. The van der Waals surface area contributed by atoms with E-state index in [-0.39, 0.29) is 33.3 Å². The molecule has 2 heterocycles. The lowest BCUT2D eigenvalue weighted by molar-refractivity contribution is 0.102. The zero-order chi connectivity index (χ0) is 22.0. The summed E-state index contributed by atoms with van der Waals surface area (Å²) in [5, 5.41) is 12.5. The lowest BCUT2D eigenvalue weighted by atomic mass is 10.0. The van der Waals surface area contributed by atoms with Gasteiger partial charge in [0.05, 0.1) is 5.02 Å². The van der Waals surface area contributed by atoms with Gasteiger partial charge in [-0.1, -0.05) is 52.7 Å². The first-order valence-corrected chi connectivity index (χ1v) is 12.5. The molecule has 1 atom stereocenters. The molecule has 31 heavy (non-hydrogen) atoms. The Morgan fingerprint density at radius 3 is 2.71 bits per heavy atom. The van der Waals surface area contributed by atoms with E-state index in [2.05, 4.69) is 15.5 Å². The second-order valence-electron chi connectivity index (χ2n) is 7.04. The van der Waals surface area contributed by atoms with Crippen molar-refractivity contribution >= 4 is 56.2 Å². The molecule has 3 aromatic rings. The molecule has 1 fully saturated rings. The Balaban J connectivity index is 1.49. The van der Waals surface area contributed by atoms with Gasteiger partial charge in [-0.05, 0) is 43.2 Å². The first-order chi connectivity index (χ1) is 14.8. The lowest BCUT2D eigenvalue weighted by Crippen LogP contribution is -2.39. The topological polar surface area (TPSA) is 92.3 Å². The zero-order valence-electron chi connectivity index (χ0n) is 16.2. The second kappa shape index (κ2) is 9.22. The predicted octanol–water partition coefficient (Wildman–Crippen LogP) is 4.67. The summed E-state index contributed by atoms with van der Waals surface area (Å²) in [7, 11) is -3.72. The quantitative estimate of drug-likeness (QED) is 0.554. The van der Waals surface area contributed by atoms with Crippen LogP contribution < -0.4 is 5.32 Å². The molecule has 0 saturated carbocycles. The molecule has 0 radical (unpaired) electrons. The molecule has 162 valence electrons. The number of carbonyl (C=O) groups is 1. The molecule has 0 spiro atoms. The fourth-order valence-corrected chi connectivity index (χ4v) is 6.47. The molecule has 0 aliphatic carbocycles. The molecule has 11 heteroatoms. The fraction of sp³-hybridized carbons (Fsp3) is 0.250. The van der Waals surface area contributed by atoms with Crippen LogP contribution in [0.2, 0.25) is 10.0 Å². The molecule has 0 bridgehead atoms. The largest absolute Gasteiger partial charge is 0.320 e. The summed E-state index contributed by atoms with van der Waals surface area (Å²) in [6, 6.07) is 13.2. The number of benzene rings is 2. The fourth-order valence-electron chi connectivity index (χ4n) is 3.40. The third kappa shape index (κ3) is 4.91. The van der Waals surface area contributed by atoms with Crippen molar-refractivity contribution in [3.63, 3.8) is 0 Å². The minimum absolute atomic E-state index is 0.0937. The number of piperidine rings is 1. The van der Waals surface area contributed by atoms with Crippen LogP contribution in [0.4, 0.5) is 5.69 Å². The minimum atomic E-state index is -3.72.